The molecule has 7 unspecified atom stereocenters. The summed E-state index contributed by atoms with van der Waals surface area (Å²) in [4.78, 5) is 14.1. The molecule has 2 aliphatic heterocycles. The second-order valence-corrected chi connectivity index (χ2v) is 20.4. The molecule has 2 aliphatic carbocycles. The maximum atomic E-state index is 14.1. The number of phenolic OH excluding ortho intramolecular Hbond substituents is 1. The Bertz CT molecular complexity index is 3070. The minimum Gasteiger partial charge on any atom is -0.508 e. The van der Waals surface area contributed by atoms with Crippen molar-refractivity contribution >= 4 is 28.3 Å². The predicted molar refractivity (Wildman–Crippen MR) is 294 cm³/mol. The van der Waals surface area contributed by atoms with Gasteiger partial charge < -0.3 is 40.0 Å². The van der Waals surface area contributed by atoms with E-state index in [1.807, 2.05) is 79.7 Å². The van der Waals surface area contributed by atoms with Gasteiger partial charge in [0.25, 0.3) is 0 Å². The first-order valence-corrected chi connectivity index (χ1v) is 26.3. The van der Waals surface area contributed by atoms with Gasteiger partial charge in [-0.3, -0.25) is 4.79 Å². The molecule has 74 heavy (non-hydrogen) atoms. The van der Waals surface area contributed by atoms with E-state index >= 15 is 0 Å². The van der Waals surface area contributed by atoms with Crippen LogP contribution in [0.25, 0.3) is 16.8 Å². The van der Waals surface area contributed by atoms with Gasteiger partial charge >= 0.3 is 0 Å². The van der Waals surface area contributed by atoms with Crippen LogP contribution in [0.1, 0.15) is 114 Å². The fraction of sp³-hybridized carbons (Fsp3) is 0.338. The number of aliphatic hydroxyl groups is 3. The Morgan fingerprint density at radius 3 is 2.41 bits per heavy atom. The zero-order valence-corrected chi connectivity index (χ0v) is 42.8. The highest BCUT2D eigenvalue weighted by Gasteiger charge is 2.30. The molecule has 0 amide bonds. The van der Waals surface area contributed by atoms with Gasteiger partial charge in [-0.25, -0.2) is 0 Å². The van der Waals surface area contributed by atoms with Gasteiger partial charge in [-0.15, -0.1) is 0 Å². The molecule has 9 nitrogen and oxygen atoms in total. The van der Waals surface area contributed by atoms with Gasteiger partial charge in [0.05, 0.1) is 31.8 Å². The number of rotatable bonds is 16. The summed E-state index contributed by atoms with van der Waals surface area (Å²) in [5.41, 5.74) is 9.41. The number of Topliss-reactive ketones (excluding diaryl/α,β-unsaturated/α-hetero) is 1. The molecule has 4 aliphatic rings. The van der Waals surface area contributed by atoms with Gasteiger partial charge in [-0.2, -0.15) is 0 Å². The first kappa shape index (κ1) is 51.6. The summed E-state index contributed by atoms with van der Waals surface area (Å²) in [5.74, 6) is 4.38. The number of methoxy groups -OCH3 is 1. The van der Waals surface area contributed by atoms with Crippen molar-refractivity contribution in [1.29, 1.82) is 0 Å². The van der Waals surface area contributed by atoms with E-state index in [-0.39, 0.29) is 67.1 Å². The van der Waals surface area contributed by atoms with Crippen molar-refractivity contribution in [3.8, 4) is 29.3 Å². The van der Waals surface area contributed by atoms with Crippen molar-refractivity contribution in [2.45, 2.75) is 121 Å². The highest BCUT2D eigenvalue weighted by Crippen LogP contribution is 2.46. The summed E-state index contributed by atoms with van der Waals surface area (Å²) < 4.78 is 18.9. The molecule has 9 heteroatoms. The van der Waals surface area contributed by atoms with Crippen LogP contribution in [0, 0.1) is 23.9 Å². The van der Waals surface area contributed by atoms with E-state index in [0.29, 0.717) is 48.3 Å². The van der Waals surface area contributed by atoms with Crippen molar-refractivity contribution in [2.24, 2.45) is 11.8 Å². The molecule has 382 valence electrons. The molecule has 7 atom stereocenters. The Labute approximate surface area is 436 Å². The first-order valence-electron chi connectivity index (χ1n) is 26.3. The average molecular weight is 992 g/mol. The number of hydrogen-bond acceptors (Lipinski definition) is 9. The number of aliphatic hydroxyl groups excluding tert-OH is 3. The summed E-state index contributed by atoms with van der Waals surface area (Å²) in [5, 5.41) is 50.0. The Kier molecular flexibility index (Phi) is 16.9. The Morgan fingerprint density at radius 1 is 0.851 bits per heavy atom. The third-order valence-corrected chi connectivity index (χ3v) is 15.2. The van der Waals surface area contributed by atoms with Crippen LogP contribution in [0.2, 0.25) is 0 Å². The number of ether oxygens (including phenoxy) is 3. The Morgan fingerprint density at radius 2 is 1.64 bits per heavy atom. The van der Waals surface area contributed by atoms with Gasteiger partial charge in [-0.05, 0) is 162 Å². The standard InChI is InChI=1S/C65H69NO8/c1-42-21-27-56-59-41-74-63-34-47(23-28-62(63)72-3)22-25-54(70)38-55(73-30-29-49(31-44-13-6-4-7-14-44)64-58(37-51(59)40-67)65(56)57(42)39-61(64)71)36-50-35-53(69)26-24-48(50)19-11-10-17-45-18-12-20-52(32-45)66-60(43(2)68)33-46-15-8-5-9-16-46/h4-9,12-16,18,20-21,23-24,26-28,32,34-35,37,39,42-43,48-50,55,60,66-69,71H,10-11,17,19,22,25,31,33,36,38,40-41H2,1-3H3. The summed E-state index contributed by atoms with van der Waals surface area (Å²) in [6.07, 6.45) is 18.2. The number of hydrogen-bond donors (Lipinski definition) is 5. The lowest BCUT2D eigenvalue weighted by molar-refractivity contribution is -0.121. The van der Waals surface area contributed by atoms with E-state index in [9.17, 15) is 25.2 Å². The number of allylic oxidation sites excluding steroid dienone is 4. The lowest BCUT2D eigenvalue weighted by atomic mass is 9.78. The van der Waals surface area contributed by atoms with Crippen LogP contribution < -0.4 is 14.8 Å². The molecule has 0 radical (unpaired) electrons. The molecule has 0 spiro atoms. The van der Waals surface area contributed by atoms with Crippen molar-refractivity contribution in [3.63, 3.8) is 0 Å². The first-order chi connectivity index (χ1) is 36.0. The largest absolute Gasteiger partial charge is 0.508 e. The number of unbranched alkanes of at least 4 members (excludes halogenated alkanes) is 1. The smallest absolute Gasteiger partial charge is 0.161 e. The number of phenols is 1. The van der Waals surface area contributed by atoms with Crippen LogP contribution in [-0.2, 0) is 48.4 Å². The van der Waals surface area contributed by atoms with Crippen molar-refractivity contribution in [1.82, 2.24) is 0 Å². The molecule has 0 fully saturated rings. The summed E-state index contributed by atoms with van der Waals surface area (Å²) >= 11 is 0. The van der Waals surface area contributed by atoms with E-state index in [1.165, 1.54) is 11.1 Å². The SMILES string of the molecule is COc1ccc2cc1OCc1c(CO)cc3c(c(O)cc4c3c1C=CC4C)C(Cc1ccccc1)C#COC(CC1C=C(O)C=CC1CCCCc1cccc(NC(Cc3ccccc3)C(C)O)c1)CC(=O)CC2. The van der Waals surface area contributed by atoms with E-state index < -0.39 is 18.1 Å². The third kappa shape index (κ3) is 12.6. The fourth-order valence-electron chi connectivity index (χ4n) is 11.1. The number of anilines is 1. The molecule has 6 aromatic rings. The number of ketones is 1. The Balaban J connectivity index is 0.989. The van der Waals surface area contributed by atoms with E-state index in [0.717, 1.165) is 70.0 Å². The number of carbonyl (C=O) groups excluding carboxylic acids is 1. The van der Waals surface area contributed by atoms with Crippen molar-refractivity contribution < 1.29 is 39.4 Å². The van der Waals surface area contributed by atoms with Crippen LogP contribution in [-0.4, -0.2) is 51.6 Å². The second kappa shape index (κ2) is 24.2. The quantitative estimate of drug-likeness (QED) is 0.0474. The van der Waals surface area contributed by atoms with E-state index in [2.05, 4.69) is 91.0 Å². The molecule has 0 saturated carbocycles. The highest BCUT2D eigenvalue weighted by atomic mass is 16.5. The fourth-order valence-corrected chi connectivity index (χ4v) is 11.1. The van der Waals surface area contributed by atoms with Crippen molar-refractivity contribution in [2.75, 3.05) is 12.4 Å². The Hall–Kier alpha value is -7.25. The van der Waals surface area contributed by atoms with E-state index in [4.69, 9.17) is 14.2 Å². The van der Waals surface area contributed by atoms with Crippen LogP contribution >= 0.6 is 0 Å². The normalized spacial score (nSPS) is 20.3. The van der Waals surface area contributed by atoms with Gasteiger partial charge in [0, 0.05) is 35.6 Å². The number of benzene rings is 6. The van der Waals surface area contributed by atoms with Gasteiger partial charge in [0.2, 0.25) is 0 Å². The van der Waals surface area contributed by atoms with Crippen molar-refractivity contribution in [3.05, 3.63) is 195 Å². The van der Waals surface area contributed by atoms with E-state index in [1.54, 1.807) is 13.2 Å². The lowest BCUT2D eigenvalue weighted by Crippen LogP contribution is -2.33. The average Bonchev–Trinajstić information content (AvgIpc) is 3.40. The molecular weight excluding hydrogens is 923 g/mol. The zero-order chi connectivity index (χ0) is 51.6. The summed E-state index contributed by atoms with van der Waals surface area (Å²) in [7, 11) is 1.60. The van der Waals surface area contributed by atoms with Crippen LogP contribution in [0.15, 0.2) is 145 Å². The molecule has 10 rings (SSSR count). The molecule has 0 saturated heterocycles. The topological polar surface area (TPSA) is 138 Å². The number of aryl methyl sites for hydroxylation is 2. The second-order valence-electron chi connectivity index (χ2n) is 20.4. The lowest BCUT2D eigenvalue weighted by Gasteiger charge is -2.28. The molecule has 6 bridgehead atoms. The minimum absolute atomic E-state index is 0.0184. The van der Waals surface area contributed by atoms with Gasteiger partial charge in [0.1, 0.15) is 36.1 Å². The summed E-state index contributed by atoms with van der Waals surface area (Å²) in [6, 6.07) is 38.2. The number of fused-ring (bicyclic) bond motifs is 9. The predicted octanol–water partition coefficient (Wildman–Crippen LogP) is 12.8. The molecule has 2 heterocycles. The number of carbonyl (C=O) groups is 1. The van der Waals surface area contributed by atoms with Crippen LogP contribution in [0.5, 0.6) is 17.2 Å². The third-order valence-electron chi connectivity index (χ3n) is 15.2. The van der Waals surface area contributed by atoms with Crippen LogP contribution in [0.4, 0.5) is 5.69 Å². The molecule has 0 aromatic heterocycles. The number of nitrogens with one attached hydrogen (secondary N) is 1. The number of aromatic hydroxyl groups is 1. The maximum absolute atomic E-state index is 14.1. The molecular formula is C65H69NO8. The minimum atomic E-state index is -0.589. The van der Waals surface area contributed by atoms with Gasteiger partial charge in [-0.1, -0.05) is 116 Å². The monoisotopic (exact) mass is 992 g/mol. The summed E-state index contributed by atoms with van der Waals surface area (Å²) in [6.45, 7) is 3.85. The zero-order valence-electron chi connectivity index (χ0n) is 42.8. The molecule has 6 aromatic carbocycles. The maximum Gasteiger partial charge on any atom is 0.161 e. The van der Waals surface area contributed by atoms with Gasteiger partial charge in [0.15, 0.2) is 11.5 Å². The highest BCUT2D eigenvalue weighted by molar-refractivity contribution is 6.01. The van der Waals surface area contributed by atoms with Crippen LogP contribution in [0.3, 0.4) is 0 Å². The molecule has 5 N–H and O–H groups in total.